The predicted molar refractivity (Wildman–Crippen MR) is 67.6 cm³/mol. The van der Waals surface area contributed by atoms with Crippen LogP contribution in [0.25, 0.3) is 0 Å². The van der Waals surface area contributed by atoms with Crippen molar-refractivity contribution in [1.29, 1.82) is 0 Å². The number of thiazole rings is 1. The average molecular weight is 254 g/mol. The average Bonchev–Trinajstić information content (AvgIpc) is 2.98. The second-order valence-electron chi connectivity index (χ2n) is 4.84. The molecule has 0 bridgehead atoms. The number of nitrogens with zero attached hydrogens (tertiary/aromatic N) is 2. The maximum absolute atomic E-state index is 9.92. The summed E-state index contributed by atoms with van der Waals surface area (Å²) in [4.78, 5) is 8.09. The van der Waals surface area contributed by atoms with Crippen LogP contribution in [0.4, 0.5) is 5.13 Å². The van der Waals surface area contributed by atoms with Crippen molar-refractivity contribution in [2.24, 2.45) is 0 Å². The molecule has 1 fully saturated rings. The molecule has 2 unspecified atom stereocenters. The zero-order valence-corrected chi connectivity index (χ0v) is 10.9. The number of likely N-dealkylation sites (N-methyl/N-ethyl adjacent to an activating group) is 1. The summed E-state index contributed by atoms with van der Waals surface area (Å²) in [6, 6.07) is 0.444. The number of ether oxygens (including phenoxy) is 1. The highest BCUT2D eigenvalue weighted by Gasteiger charge is 2.27. The molecule has 0 spiro atoms. The van der Waals surface area contributed by atoms with Crippen LogP contribution in [0.1, 0.15) is 35.9 Å². The van der Waals surface area contributed by atoms with Gasteiger partial charge < -0.3 is 14.7 Å². The Labute approximate surface area is 105 Å². The Balaban J connectivity index is 1.83. The maximum atomic E-state index is 9.92. The molecule has 1 saturated heterocycles. The van der Waals surface area contributed by atoms with E-state index in [1.54, 1.807) is 11.3 Å². The summed E-state index contributed by atoms with van der Waals surface area (Å²) in [7, 11) is 2.08. The monoisotopic (exact) mass is 254 g/mol. The number of fused-ring (bicyclic) bond motifs is 1. The molecule has 0 radical (unpaired) electrons. The Morgan fingerprint density at radius 3 is 3.06 bits per heavy atom. The normalized spacial score (nSPS) is 28.1. The maximum Gasteiger partial charge on any atom is 0.185 e. The van der Waals surface area contributed by atoms with E-state index in [-0.39, 0.29) is 6.10 Å². The molecule has 5 heteroatoms. The van der Waals surface area contributed by atoms with E-state index in [1.165, 1.54) is 4.88 Å². The molecule has 1 aromatic heterocycles. The van der Waals surface area contributed by atoms with Crippen molar-refractivity contribution in [1.82, 2.24) is 4.98 Å². The van der Waals surface area contributed by atoms with Crippen molar-refractivity contribution >= 4 is 16.5 Å². The zero-order valence-electron chi connectivity index (χ0n) is 10.1. The van der Waals surface area contributed by atoms with Gasteiger partial charge in [-0.1, -0.05) is 0 Å². The van der Waals surface area contributed by atoms with Crippen LogP contribution in [0.3, 0.4) is 0 Å². The summed E-state index contributed by atoms with van der Waals surface area (Å²) in [6.45, 7) is 1.64. The lowest BCUT2D eigenvalue weighted by molar-refractivity contribution is 0.153. The van der Waals surface area contributed by atoms with Crippen LogP contribution >= 0.6 is 11.3 Å². The largest absolute Gasteiger partial charge is 0.387 e. The third kappa shape index (κ3) is 2.07. The van der Waals surface area contributed by atoms with Crippen LogP contribution in [0.5, 0.6) is 0 Å². The molecule has 1 N–H and O–H groups in total. The van der Waals surface area contributed by atoms with Gasteiger partial charge in [0.2, 0.25) is 0 Å². The summed E-state index contributed by atoms with van der Waals surface area (Å²) < 4.78 is 5.41. The van der Waals surface area contributed by atoms with Crippen LogP contribution in [0, 0.1) is 0 Å². The lowest BCUT2D eigenvalue weighted by Gasteiger charge is -2.22. The van der Waals surface area contributed by atoms with Crippen molar-refractivity contribution in [3.8, 4) is 0 Å². The number of anilines is 1. The van der Waals surface area contributed by atoms with E-state index in [1.807, 2.05) is 0 Å². The van der Waals surface area contributed by atoms with Crippen molar-refractivity contribution in [3.63, 3.8) is 0 Å². The van der Waals surface area contributed by atoms with E-state index < -0.39 is 0 Å². The molecule has 2 aliphatic rings. The number of aromatic nitrogens is 1. The van der Waals surface area contributed by atoms with E-state index in [4.69, 9.17) is 4.74 Å². The highest BCUT2D eigenvalue weighted by Crippen LogP contribution is 2.37. The molecule has 1 aliphatic carbocycles. The molecule has 4 nitrogen and oxygen atoms in total. The fraction of sp³-hybridized carbons (Fsp3) is 0.750. The van der Waals surface area contributed by atoms with Gasteiger partial charge in [0.1, 0.15) is 0 Å². The first-order valence-corrected chi connectivity index (χ1v) is 7.05. The molecule has 3 rings (SSSR count). The Bertz CT molecular complexity index is 401. The zero-order chi connectivity index (χ0) is 11.8. The topological polar surface area (TPSA) is 45.6 Å². The predicted octanol–water partition coefficient (Wildman–Crippen LogP) is 1.74. The van der Waals surface area contributed by atoms with Crippen LogP contribution < -0.4 is 4.90 Å². The van der Waals surface area contributed by atoms with Crippen LogP contribution in [-0.4, -0.2) is 36.4 Å². The van der Waals surface area contributed by atoms with Gasteiger partial charge in [0.05, 0.1) is 24.4 Å². The van der Waals surface area contributed by atoms with Gasteiger partial charge in [-0.05, 0) is 25.7 Å². The number of rotatable bonds is 2. The fourth-order valence-corrected chi connectivity index (χ4v) is 3.71. The van der Waals surface area contributed by atoms with E-state index in [0.717, 1.165) is 49.7 Å². The van der Waals surface area contributed by atoms with Crippen LogP contribution in [0.2, 0.25) is 0 Å². The molecule has 2 heterocycles. The summed E-state index contributed by atoms with van der Waals surface area (Å²) in [6.07, 6.45) is 3.72. The molecule has 94 valence electrons. The molecule has 0 saturated carbocycles. The van der Waals surface area contributed by atoms with Gasteiger partial charge in [-0.25, -0.2) is 4.98 Å². The second-order valence-corrected chi connectivity index (χ2v) is 5.90. The summed E-state index contributed by atoms with van der Waals surface area (Å²) in [5, 5.41) is 11.0. The second kappa shape index (κ2) is 4.55. The van der Waals surface area contributed by atoms with Gasteiger partial charge in [-0.15, -0.1) is 11.3 Å². The fourth-order valence-electron chi connectivity index (χ4n) is 2.52. The van der Waals surface area contributed by atoms with Crippen LogP contribution in [0.15, 0.2) is 0 Å². The number of hydrogen-bond donors (Lipinski definition) is 1. The number of aryl methyl sites for hydroxylation is 1. The molecular formula is C12H18N2O2S. The molecule has 1 aromatic rings. The summed E-state index contributed by atoms with van der Waals surface area (Å²) in [5.41, 5.74) is 0.919. The molecule has 0 aromatic carbocycles. The Kier molecular flexibility index (Phi) is 3.06. The molecular weight excluding hydrogens is 236 g/mol. The van der Waals surface area contributed by atoms with E-state index >= 15 is 0 Å². The first kappa shape index (κ1) is 11.4. The minimum Gasteiger partial charge on any atom is -0.387 e. The summed E-state index contributed by atoms with van der Waals surface area (Å²) >= 11 is 1.73. The summed E-state index contributed by atoms with van der Waals surface area (Å²) in [5.74, 6) is 0. The number of aliphatic hydroxyl groups excluding tert-OH is 1. The van der Waals surface area contributed by atoms with Crippen molar-refractivity contribution in [2.75, 3.05) is 25.2 Å². The minimum atomic E-state index is -0.350. The molecule has 2 atom stereocenters. The van der Waals surface area contributed by atoms with Gasteiger partial charge in [0.25, 0.3) is 0 Å². The van der Waals surface area contributed by atoms with E-state index in [2.05, 4.69) is 16.9 Å². The van der Waals surface area contributed by atoms with Crippen molar-refractivity contribution in [3.05, 3.63) is 10.6 Å². The van der Waals surface area contributed by atoms with Gasteiger partial charge in [-0.2, -0.15) is 0 Å². The Morgan fingerprint density at radius 1 is 1.47 bits per heavy atom. The van der Waals surface area contributed by atoms with Gasteiger partial charge in [0.15, 0.2) is 5.13 Å². The smallest absolute Gasteiger partial charge is 0.185 e. The number of aliphatic hydroxyl groups is 1. The third-order valence-electron chi connectivity index (χ3n) is 3.67. The minimum absolute atomic E-state index is 0.350. The Hall–Kier alpha value is -0.650. The third-order valence-corrected chi connectivity index (χ3v) is 4.89. The highest BCUT2D eigenvalue weighted by atomic mass is 32.1. The first-order chi connectivity index (χ1) is 8.25. The van der Waals surface area contributed by atoms with Gasteiger partial charge in [-0.3, -0.25) is 0 Å². The first-order valence-electron chi connectivity index (χ1n) is 6.24. The van der Waals surface area contributed by atoms with Crippen LogP contribution in [-0.2, 0) is 11.2 Å². The van der Waals surface area contributed by atoms with Gasteiger partial charge in [0, 0.05) is 18.5 Å². The van der Waals surface area contributed by atoms with Crippen molar-refractivity contribution in [2.45, 2.75) is 37.8 Å². The quantitative estimate of drug-likeness (QED) is 0.873. The Morgan fingerprint density at radius 2 is 2.35 bits per heavy atom. The molecule has 1 aliphatic heterocycles. The lowest BCUT2D eigenvalue weighted by atomic mass is 10.0. The SMILES string of the molecule is CN(c1nc2c(s1)CCCC2O)C1CCOC1. The van der Waals surface area contributed by atoms with Crippen molar-refractivity contribution < 1.29 is 9.84 Å². The van der Waals surface area contributed by atoms with E-state index in [0.29, 0.717) is 6.04 Å². The number of hydrogen-bond acceptors (Lipinski definition) is 5. The standard InChI is InChI=1S/C12H18N2O2S/c1-14(8-5-6-16-7-8)12-13-11-9(15)3-2-4-10(11)17-12/h8-9,15H,2-7H2,1H3. The highest BCUT2D eigenvalue weighted by molar-refractivity contribution is 7.15. The van der Waals surface area contributed by atoms with E-state index in [9.17, 15) is 5.11 Å². The molecule has 17 heavy (non-hydrogen) atoms. The van der Waals surface area contributed by atoms with Gasteiger partial charge >= 0.3 is 0 Å². The lowest BCUT2D eigenvalue weighted by Crippen LogP contribution is -2.31. The molecule has 0 amide bonds.